The zero-order valence-electron chi connectivity index (χ0n) is 11.2. The van der Waals surface area contributed by atoms with E-state index in [1.165, 1.54) is 24.0 Å². The number of nitrogens with two attached hydrogens (primary N) is 1. The van der Waals surface area contributed by atoms with E-state index in [-0.39, 0.29) is 11.9 Å². The number of aryl methyl sites for hydroxylation is 2. The number of amides is 1. The summed E-state index contributed by atoms with van der Waals surface area (Å²) in [5, 5.41) is 2.99. The van der Waals surface area contributed by atoms with Crippen molar-refractivity contribution < 1.29 is 4.79 Å². The Morgan fingerprint density at radius 3 is 3.00 bits per heavy atom. The quantitative estimate of drug-likeness (QED) is 0.856. The average Bonchev–Trinajstić information content (AvgIpc) is 2.97. The number of carbonyl (C=O) groups is 1. The van der Waals surface area contributed by atoms with Crippen molar-refractivity contribution in [2.75, 3.05) is 25.0 Å². The van der Waals surface area contributed by atoms with Gasteiger partial charge in [-0.15, -0.1) is 0 Å². The molecule has 1 aliphatic carbocycles. The smallest absolute Gasteiger partial charge is 0.238 e. The van der Waals surface area contributed by atoms with Crippen LogP contribution in [0.5, 0.6) is 0 Å². The number of rotatable bonds is 3. The molecule has 1 saturated heterocycles. The maximum Gasteiger partial charge on any atom is 0.238 e. The third-order valence-electron chi connectivity index (χ3n) is 4.06. The fourth-order valence-electron chi connectivity index (χ4n) is 3.06. The number of hydrogen-bond donors (Lipinski definition) is 2. The van der Waals surface area contributed by atoms with E-state index in [1.807, 2.05) is 6.07 Å². The van der Waals surface area contributed by atoms with Gasteiger partial charge in [-0.1, -0.05) is 6.07 Å². The van der Waals surface area contributed by atoms with Gasteiger partial charge in [0.05, 0.1) is 6.54 Å². The second kappa shape index (κ2) is 5.31. The van der Waals surface area contributed by atoms with Crippen molar-refractivity contribution in [3.8, 4) is 0 Å². The second-order valence-corrected chi connectivity index (χ2v) is 5.67. The highest BCUT2D eigenvalue weighted by molar-refractivity contribution is 5.92. The van der Waals surface area contributed by atoms with E-state index in [0.29, 0.717) is 6.54 Å². The summed E-state index contributed by atoms with van der Waals surface area (Å²) in [6.07, 6.45) is 4.54. The fourth-order valence-corrected chi connectivity index (χ4v) is 3.06. The van der Waals surface area contributed by atoms with Crippen LogP contribution in [0.3, 0.4) is 0 Å². The Balaban J connectivity index is 1.57. The van der Waals surface area contributed by atoms with Crippen molar-refractivity contribution in [1.82, 2.24) is 4.90 Å². The molecule has 3 N–H and O–H groups in total. The molecule has 1 heterocycles. The van der Waals surface area contributed by atoms with E-state index in [2.05, 4.69) is 22.3 Å². The highest BCUT2D eigenvalue weighted by atomic mass is 16.2. The van der Waals surface area contributed by atoms with Gasteiger partial charge in [0.25, 0.3) is 0 Å². The Morgan fingerprint density at radius 2 is 2.21 bits per heavy atom. The highest BCUT2D eigenvalue weighted by Gasteiger charge is 2.21. The number of nitrogens with zero attached hydrogens (tertiary/aromatic N) is 1. The predicted molar refractivity (Wildman–Crippen MR) is 76.1 cm³/mol. The molecular formula is C15H21N3O. The minimum Gasteiger partial charge on any atom is -0.326 e. The zero-order valence-corrected chi connectivity index (χ0v) is 11.2. The van der Waals surface area contributed by atoms with Crippen molar-refractivity contribution in [2.45, 2.75) is 31.7 Å². The number of hydrogen-bond acceptors (Lipinski definition) is 3. The Bertz CT molecular complexity index is 486. The van der Waals surface area contributed by atoms with E-state index in [4.69, 9.17) is 5.73 Å². The molecule has 0 bridgehead atoms. The lowest BCUT2D eigenvalue weighted by molar-refractivity contribution is -0.117. The van der Waals surface area contributed by atoms with E-state index < -0.39 is 0 Å². The van der Waals surface area contributed by atoms with E-state index in [9.17, 15) is 4.79 Å². The molecule has 1 amide bonds. The summed E-state index contributed by atoms with van der Waals surface area (Å²) in [7, 11) is 0. The molecule has 0 spiro atoms. The lowest BCUT2D eigenvalue weighted by Gasteiger charge is -2.15. The first-order chi connectivity index (χ1) is 9.20. The zero-order chi connectivity index (χ0) is 13.2. The van der Waals surface area contributed by atoms with E-state index in [1.54, 1.807) is 0 Å². The van der Waals surface area contributed by atoms with Crippen LogP contribution in [-0.4, -0.2) is 36.5 Å². The predicted octanol–water partition coefficient (Wildman–Crippen LogP) is 1.15. The molecule has 1 aliphatic heterocycles. The number of nitrogens with one attached hydrogen (secondary N) is 1. The van der Waals surface area contributed by atoms with Crippen LogP contribution in [0.1, 0.15) is 24.0 Å². The number of carbonyl (C=O) groups excluding carboxylic acids is 1. The minimum absolute atomic E-state index is 0.0621. The largest absolute Gasteiger partial charge is 0.326 e. The van der Waals surface area contributed by atoms with Gasteiger partial charge in [-0.2, -0.15) is 0 Å². The average molecular weight is 259 g/mol. The van der Waals surface area contributed by atoms with Gasteiger partial charge in [0, 0.05) is 24.8 Å². The minimum atomic E-state index is 0.0621. The molecule has 0 unspecified atom stereocenters. The van der Waals surface area contributed by atoms with Gasteiger partial charge in [-0.25, -0.2) is 0 Å². The van der Waals surface area contributed by atoms with Gasteiger partial charge in [-0.05, 0) is 48.9 Å². The van der Waals surface area contributed by atoms with Crippen LogP contribution < -0.4 is 11.1 Å². The van der Waals surface area contributed by atoms with Crippen molar-refractivity contribution in [3.05, 3.63) is 29.3 Å². The maximum absolute atomic E-state index is 12.0. The van der Waals surface area contributed by atoms with Gasteiger partial charge in [0.2, 0.25) is 5.91 Å². The first kappa shape index (κ1) is 12.6. The molecule has 1 fully saturated rings. The molecule has 1 aromatic rings. The van der Waals surface area contributed by atoms with Gasteiger partial charge >= 0.3 is 0 Å². The van der Waals surface area contributed by atoms with E-state index in [0.717, 1.165) is 31.6 Å². The highest BCUT2D eigenvalue weighted by Crippen LogP contribution is 2.24. The number of likely N-dealkylation sites (tertiary alicyclic amines) is 1. The molecule has 1 aromatic carbocycles. The Kier molecular flexibility index (Phi) is 3.53. The van der Waals surface area contributed by atoms with Crippen molar-refractivity contribution in [2.24, 2.45) is 5.73 Å². The molecule has 0 aromatic heterocycles. The number of fused-ring (bicyclic) bond motifs is 1. The summed E-state index contributed by atoms with van der Waals surface area (Å²) >= 11 is 0. The molecule has 0 radical (unpaired) electrons. The van der Waals surface area contributed by atoms with Crippen LogP contribution >= 0.6 is 0 Å². The molecule has 0 saturated carbocycles. The van der Waals surface area contributed by atoms with Crippen LogP contribution in [-0.2, 0) is 17.6 Å². The van der Waals surface area contributed by atoms with Crippen molar-refractivity contribution in [3.63, 3.8) is 0 Å². The molecular weight excluding hydrogens is 238 g/mol. The topological polar surface area (TPSA) is 58.4 Å². The Morgan fingerprint density at radius 1 is 1.37 bits per heavy atom. The van der Waals surface area contributed by atoms with Crippen molar-refractivity contribution >= 4 is 11.6 Å². The summed E-state index contributed by atoms with van der Waals surface area (Å²) < 4.78 is 0. The summed E-state index contributed by atoms with van der Waals surface area (Å²) in [5.41, 5.74) is 9.59. The lowest BCUT2D eigenvalue weighted by Crippen LogP contribution is -2.33. The maximum atomic E-state index is 12.0. The molecule has 4 heteroatoms. The molecule has 19 heavy (non-hydrogen) atoms. The molecule has 4 nitrogen and oxygen atoms in total. The fraction of sp³-hybridized carbons (Fsp3) is 0.533. The van der Waals surface area contributed by atoms with Gasteiger partial charge in [-0.3, -0.25) is 9.69 Å². The van der Waals surface area contributed by atoms with E-state index >= 15 is 0 Å². The number of anilines is 1. The molecule has 102 valence electrons. The van der Waals surface area contributed by atoms with Crippen LogP contribution in [0, 0.1) is 0 Å². The first-order valence-corrected chi connectivity index (χ1v) is 7.10. The Labute approximate surface area is 114 Å². The third kappa shape index (κ3) is 2.96. The monoisotopic (exact) mass is 259 g/mol. The molecule has 3 rings (SSSR count). The van der Waals surface area contributed by atoms with Crippen LogP contribution in [0.15, 0.2) is 18.2 Å². The lowest BCUT2D eigenvalue weighted by atomic mass is 10.1. The SMILES string of the molecule is N[C@H]1CCN(CC(=O)Nc2ccc3c(c2)CCC3)C1. The standard InChI is InChI=1S/C15H21N3O/c16-13-6-7-18(9-13)10-15(19)17-14-5-4-11-2-1-3-12(11)8-14/h4-5,8,13H,1-3,6-7,9-10,16H2,(H,17,19)/t13-/m0/s1. The van der Waals surface area contributed by atoms with Crippen LogP contribution in [0.2, 0.25) is 0 Å². The van der Waals surface area contributed by atoms with Crippen molar-refractivity contribution in [1.29, 1.82) is 0 Å². The Hall–Kier alpha value is -1.39. The molecule has 1 atom stereocenters. The van der Waals surface area contributed by atoms with Crippen LogP contribution in [0.25, 0.3) is 0 Å². The normalized spacial score (nSPS) is 22.5. The molecule has 2 aliphatic rings. The summed E-state index contributed by atoms with van der Waals surface area (Å²) in [5.74, 6) is 0.0621. The second-order valence-electron chi connectivity index (χ2n) is 5.67. The summed E-state index contributed by atoms with van der Waals surface area (Å²) in [6, 6.07) is 6.50. The number of benzene rings is 1. The van der Waals surface area contributed by atoms with Crippen LogP contribution in [0.4, 0.5) is 5.69 Å². The van der Waals surface area contributed by atoms with Gasteiger partial charge in [0.1, 0.15) is 0 Å². The van der Waals surface area contributed by atoms with Gasteiger partial charge < -0.3 is 11.1 Å². The third-order valence-corrected chi connectivity index (χ3v) is 4.06. The summed E-state index contributed by atoms with van der Waals surface area (Å²) in [4.78, 5) is 14.1. The van der Waals surface area contributed by atoms with Gasteiger partial charge in [0.15, 0.2) is 0 Å². The first-order valence-electron chi connectivity index (χ1n) is 7.10. The summed E-state index contributed by atoms with van der Waals surface area (Å²) in [6.45, 7) is 2.21.